The third-order valence-corrected chi connectivity index (χ3v) is 6.30. The Labute approximate surface area is 177 Å². The highest BCUT2D eigenvalue weighted by atomic mass is 32.3. The van der Waals surface area contributed by atoms with Crippen LogP contribution in [-0.4, -0.2) is 71.6 Å². The Morgan fingerprint density at radius 2 is 1.32 bits per heavy atom. The van der Waals surface area contributed by atoms with Gasteiger partial charge in [-0.2, -0.15) is 26.3 Å². The fraction of sp³-hybridized carbons (Fsp3) is 0.800. The average Bonchev–Trinajstić information content (AvgIpc) is 2.56. The van der Waals surface area contributed by atoms with Gasteiger partial charge in [0.1, 0.15) is 0 Å². The van der Waals surface area contributed by atoms with Crippen molar-refractivity contribution in [3.8, 4) is 0 Å². The topological polar surface area (TPSA) is 109 Å². The first-order valence-corrected chi connectivity index (χ1v) is 11.7. The molecule has 0 unspecified atom stereocenters. The monoisotopic (exact) mass is 508 g/mol. The lowest BCUT2D eigenvalue weighted by molar-refractivity contribution is -0.909. The zero-order chi connectivity index (χ0) is 25.1. The third kappa shape index (κ3) is 12.3. The zero-order valence-electron chi connectivity index (χ0n) is 17.2. The minimum atomic E-state index is -6.72. The van der Waals surface area contributed by atoms with Crippen LogP contribution in [0.5, 0.6) is 0 Å². The molecule has 16 heteroatoms. The van der Waals surface area contributed by atoms with Crippen LogP contribution in [0.2, 0.25) is 0 Å². The Morgan fingerprint density at radius 1 is 0.935 bits per heavy atom. The molecular formula is C15H26F6N2O6S2. The average molecular weight is 509 g/mol. The van der Waals surface area contributed by atoms with Gasteiger partial charge >= 0.3 is 17.0 Å². The van der Waals surface area contributed by atoms with Gasteiger partial charge in [0.2, 0.25) is 0 Å². The minimum Gasteiger partial charge on any atom is -0.462 e. The molecule has 0 bridgehead atoms. The molecule has 0 radical (unpaired) electrons. The lowest BCUT2D eigenvalue weighted by Crippen LogP contribution is -2.46. The van der Waals surface area contributed by atoms with Crippen molar-refractivity contribution in [3.05, 3.63) is 16.8 Å². The Bertz CT molecular complexity index is 731. The molecule has 0 aromatic carbocycles. The molecule has 0 fully saturated rings. The van der Waals surface area contributed by atoms with Crippen LogP contribution in [0.1, 0.15) is 33.1 Å². The van der Waals surface area contributed by atoms with Crippen molar-refractivity contribution in [2.45, 2.75) is 44.1 Å². The molecule has 0 rings (SSSR count). The summed E-state index contributed by atoms with van der Waals surface area (Å²) in [5.41, 5.74) is -12.4. The largest absolute Gasteiger partial charge is 0.480 e. The molecule has 0 aliphatic carbocycles. The van der Waals surface area contributed by atoms with Crippen LogP contribution >= 0.6 is 0 Å². The molecule has 0 N–H and O–H groups in total. The number of ether oxygens (including phenoxy) is 1. The zero-order valence-corrected chi connectivity index (χ0v) is 18.8. The third-order valence-electron chi connectivity index (χ3n) is 3.56. The van der Waals surface area contributed by atoms with E-state index in [1.807, 2.05) is 0 Å². The lowest BCUT2D eigenvalue weighted by Gasteiger charge is -2.34. The molecule has 0 aromatic heterocycles. The number of hydrogen-bond donors (Lipinski definition) is 0. The van der Waals surface area contributed by atoms with Crippen molar-refractivity contribution < 1.29 is 57.2 Å². The predicted molar refractivity (Wildman–Crippen MR) is 100 cm³/mol. The fourth-order valence-electron chi connectivity index (χ4n) is 2.31. The smallest absolute Gasteiger partial charge is 0.462 e. The van der Waals surface area contributed by atoms with Crippen LogP contribution < -0.4 is 0 Å². The van der Waals surface area contributed by atoms with E-state index in [0.29, 0.717) is 6.61 Å². The minimum absolute atomic E-state index is 0.319. The Morgan fingerprint density at radius 3 is 1.61 bits per heavy atom. The maximum atomic E-state index is 11.4. The van der Waals surface area contributed by atoms with Crippen LogP contribution in [0.25, 0.3) is 4.13 Å². The van der Waals surface area contributed by atoms with Crippen molar-refractivity contribution >= 4 is 26.0 Å². The van der Waals surface area contributed by atoms with Gasteiger partial charge < -0.3 is 13.3 Å². The summed E-state index contributed by atoms with van der Waals surface area (Å²) in [6.45, 7) is 11.8. The second kappa shape index (κ2) is 12.6. The highest BCUT2D eigenvalue weighted by Gasteiger charge is 2.46. The van der Waals surface area contributed by atoms with Gasteiger partial charge in [0.05, 0.1) is 33.3 Å². The van der Waals surface area contributed by atoms with Crippen molar-refractivity contribution in [3.63, 3.8) is 0 Å². The number of esters is 1. The van der Waals surface area contributed by atoms with Gasteiger partial charge in [0.25, 0.3) is 0 Å². The van der Waals surface area contributed by atoms with Gasteiger partial charge in [-0.25, -0.2) is 21.6 Å². The number of sulfonamides is 2. The lowest BCUT2D eigenvalue weighted by atomic mass is 10.2. The normalized spacial score (nSPS) is 13.2. The first-order valence-electron chi connectivity index (χ1n) is 8.78. The van der Waals surface area contributed by atoms with Crippen LogP contribution in [0, 0.1) is 0 Å². The summed E-state index contributed by atoms with van der Waals surface area (Å²) >= 11 is 0. The van der Waals surface area contributed by atoms with Crippen molar-refractivity contribution in [1.82, 2.24) is 0 Å². The second-order valence-electron chi connectivity index (χ2n) is 6.43. The van der Waals surface area contributed by atoms with Crippen molar-refractivity contribution in [2.75, 3.05) is 33.3 Å². The Balaban J connectivity index is 0. The van der Waals surface area contributed by atoms with Crippen LogP contribution in [0.4, 0.5) is 26.3 Å². The number of carbonyl (C=O) groups excluding carboxylic acids is 1. The van der Waals surface area contributed by atoms with E-state index >= 15 is 0 Å². The van der Waals surface area contributed by atoms with E-state index in [1.165, 1.54) is 32.0 Å². The van der Waals surface area contributed by atoms with E-state index in [9.17, 15) is 48.0 Å². The Kier molecular flexibility index (Phi) is 12.9. The van der Waals surface area contributed by atoms with Crippen molar-refractivity contribution in [2.24, 2.45) is 0 Å². The summed E-state index contributed by atoms with van der Waals surface area (Å²) in [4.78, 5) is 10.8. The second-order valence-corrected chi connectivity index (χ2v) is 9.85. The maximum Gasteiger partial charge on any atom is 0.480 e. The van der Waals surface area contributed by atoms with Gasteiger partial charge in [-0.1, -0.05) is 20.4 Å². The predicted octanol–water partition coefficient (Wildman–Crippen LogP) is 3.43. The summed E-state index contributed by atoms with van der Waals surface area (Å²) in [5, 5.41) is 0. The molecule has 8 nitrogen and oxygen atoms in total. The standard InChI is InChI=1S/C13H26NO2.C2F6NO4S2/c1-5-9-14(4,10-6-2)11-8-12-16-13(15)7-3;3-1(4,5)14(10,11)9-15(12,13)2(6,7)8/h7H,3,5-6,8-12H2,1-2,4H3;/q+1;-1. The molecule has 31 heavy (non-hydrogen) atoms. The molecule has 0 aliphatic heterocycles. The van der Waals surface area contributed by atoms with Crippen molar-refractivity contribution in [1.29, 1.82) is 0 Å². The molecule has 0 heterocycles. The summed E-state index contributed by atoms with van der Waals surface area (Å²) in [6.07, 6.45) is 4.54. The van der Waals surface area contributed by atoms with Gasteiger partial charge in [-0.05, 0) is 12.8 Å². The molecule has 0 amide bonds. The van der Waals surface area contributed by atoms with Gasteiger partial charge in [0, 0.05) is 12.5 Å². The fourth-order valence-corrected chi connectivity index (χ4v) is 4.02. The molecule has 0 aliphatic rings. The van der Waals surface area contributed by atoms with Crippen LogP contribution in [0.3, 0.4) is 0 Å². The van der Waals surface area contributed by atoms with E-state index in [2.05, 4.69) is 27.5 Å². The van der Waals surface area contributed by atoms with Crippen LogP contribution in [0.15, 0.2) is 12.7 Å². The summed E-state index contributed by atoms with van der Waals surface area (Å²) in [7, 11) is -11.2. The molecule has 0 spiro atoms. The molecule has 0 saturated carbocycles. The molecule has 0 atom stereocenters. The maximum absolute atomic E-state index is 11.4. The van der Waals surface area contributed by atoms with E-state index in [0.717, 1.165) is 21.6 Å². The molecule has 0 saturated heterocycles. The van der Waals surface area contributed by atoms with E-state index in [1.54, 1.807) is 0 Å². The summed E-state index contributed by atoms with van der Waals surface area (Å²) in [6, 6.07) is 0. The number of rotatable bonds is 11. The number of quaternary nitrogens is 1. The number of alkyl halides is 6. The summed E-state index contributed by atoms with van der Waals surface area (Å²) < 4.78 is 115. The summed E-state index contributed by atoms with van der Waals surface area (Å²) in [5.74, 6) is -0.319. The SMILES string of the molecule is C=CC(=O)OCCC[N+](C)(CCC)CCC.O=S(=O)([N-]S(=O)(=O)C(F)(F)F)C(F)(F)F. The number of hydrogen-bond acceptors (Lipinski definition) is 6. The number of carbonyl (C=O) groups is 1. The molecule has 186 valence electrons. The first-order chi connectivity index (χ1) is 13.8. The molecule has 0 aromatic rings. The number of nitrogens with zero attached hydrogens (tertiary/aromatic N) is 2. The highest BCUT2D eigenvalue weighted by molar-refractivity contribution is 8.13. The molecular weight excluding hydrogens is 482 g/mol. The highest BCUT2D eigenvalue weighted by Crippen LogP contribution is 2.36. The van der Waals surface area contributed by atoms with E-state index in [-0.39, 0.29) is 5.97 Å². The number of halogens is 6. The van der Waals surface area contributed by atoms with Gasteiger partial charge in [-0.15, -0.1) is 0 Å². The first kappa shape index (κ1) is 31.8. The van der Waals surface area contributed by atoms with Gasteiger partial charge in [-0.3, -0.25) is 0 Å². The van der Waals surface area contributed by atoms with E-state index in [4.69, 9.17) is 4.74 Å². The van der Waals surface area contributed by atoms with E-state index < -0.39 is 31.1 Å². The van der Waals surface area contributed by atoms with Crippen LogP contribution in [-0.2, 0) is 29.6 Å². The quantitative estimate of drug-likeness (QED) is 0.139. The van der Waals surface area contributed by atoms with Gasteiger partial charge in [0.15, 0.2) is 20.0 Å². The Hall–Kier alpha value is -1.39.